The predicted molar refractivity (Wildman–Crippen MR) is 152 cm³/mol. The highest BCUT2D eigenvalue weighted by molar-refractivity contribution is 7.89. The lowest BCUT2D eigenvalue weighted by molar-refractivity contribution is 0.0929. The lowest BCUT2D eigenvalue weighted by atomic mass is 9.72. The molecule has 0 spiro atoms. The molecule has 1 amide bonds. The molecule has 2 aromatic carbocycles. The number of guanidine groups is 1. The number of rotatable bonds is 9. The summed E-state index contributed by atoms with van der Waals surface area (Å²) in [5.74, 6) is 0.687. The van der Waals surface area contributed by atoms with Gasteiger partial charge in [0.05, 0.1) is 18.9 Å². The van der Waals surface area contributed by atoms with Crippen molar-refractivity contribution >= 4 is 21.9 Å². The van der Waals surface area contributed by atoms with E-state index in [0.717, 1.165) is 17.4 Å². The van der Waals surface area contributed by atoms with Gasteiger partial charge >= 0.3 is 0 Å². The number of hydrogen-bond acceptors (Lipinski definition) is 6. The summed E-state index contributed by atoms with van der Waals surface area (Å²) in [6, 6.07) is 21.2. The maximum Gasteiger partial charge on any atom is 0.255 e. The van der Waals surface area contributed by atoms with Gasteiger partial charge in [-0.15, -0.1) is 0 Å². The van der Waals surface area contributed by atoms with Gasteiger partial charge in [0.1, 0.15) is 5.75 Å². The Morgan fingerprint density at radius 2 is 1.69 bits per heavy atom. The fraction of sp³-hybridized carbons (Fsp3) is 0.345. The molecule has 3 aromatic rings. The van der Waals surface area contributed by atoms with Crippen LogP contribution in [0, 0.1) is 0 Å². The highest BCUT2D eigenvalue weighted by atomic mass is 32.2. The van der Waals surface area contributed by atoms with Crippen molar-refractivity contribution in [1.82, 2.24) is 19.9 Å². The molecule has 1 aliphatic heterocycles. The van der Waals surface area contributed by atoms with E-state index in [1.54, 1.807) is 31.6 Å². The minimum Gasteiger partial charge on any atom is -0.496 e. The number of aliphatic imine (C=N–C) groups is 1. The van der Waals surface area contributed by atoms with Crippen LogP contribution < -0.4 is 14.8 Å². The SMILES string of the molecule is COc1ccccc1C(=O)NCC1(c2ccccc2)CCN(C(=NCCc2ccncc2)NS(C)(=O)=O)CC1. The highest BCUT2D eigenvalue weighted by Crippen LogP contribution is 2.35. The van der Waals surface area contributed by atoms with Gasteiger partial charge in [0.2, 0.25) is 16.0 Å². The number of sulfonamides is 1. The first-order valence-corrected chi connectivity index (χ1v) is 14.8. The second-order valence-corrected chi connectivity index (χ2v) is 11.4. The monoisotopic (exact) mass is 549 g/mol. The molecule has 2 N–H and O–H groups in total. The number of pyridine rings is 1. The van der Waals surface area contributed by atoms with E-state index < -0.39 is 10.0 Å². The molecule has 206 valence electrons. The summed E-state index contributed by atoms with van der Waals surface area (Å²) < 4.78 is 32.3. The second kappa shape index (κ2) is 12.8. The molecule has 10 heteroatoms. The van der Waals surface area contributed by atoms with Crippen LogP contribution in [0.25, 0.3) is 0 Å². The van der Waals surface area contributed by atoms with Gasteiger partial charge < -0.3 is 15.0 Å². The van der Waals surface area contributed by atoms with Crippen LogP contribution >= 0.6 is 0 Å². The van der Waals surface area contributed by atoms with Crippen LogP contribution in [-0.4, -0.2) is 69.7 Å². The van der Waals surface area contributed by atoms with Gasteiger partial charge in [-0.1, -0.05) is 42.5 Å². The first kappa shape index (κ1) is 28.1. The van der Waals surface area contributed by atoms with Gasteiger partial charge in [0.25, 0.3) is 5.91 Å². The van der Waals surface area contributed by atoms with Crippen LogP contribution in [0.5, 0.6) is 5.75 Å². The summed E-state index contributed by atoms with van der Waals surface area (Å²) in [7, 11) is -1.96. The Hall–Kier alpha value is -3.92. The number of amides is 1. The number of likely N-dealkylation sites (tertiary alicyclic amines) is 1. The van der Waals surface area contributed by atoms with E-state index in [-0.39, 0.29) is 11.3 Å². The van der Waals surface area contributed by atoms with Crippen molar-refractivity contribution < 1.29 is 17.9 Å². The Morgan fingerprint density at radius 3 is 2.36 bits per heavy atom. The lowest BCUT2D eigenvalue weighted by Crippen LogP contribution is -2.53. The van der Waals surface area contributed by atoms with Crippen LogP contribution in [-0.2, 0) is 21.9 Å². The molecule has 9 nitrogen and oxygen atoms in total. The summed E-state index contributed by atoms with van der Waals surface area (Å²) in [4.78, 5) is 23.7. The number of nitrogens with one attached hydrogen (secondary N) is 2. The fourth-order valence-electron chi connectivity index (χ4n) is 4.89. The molecule has 0 aliphatic carbocycles. The Balaban J connectivity index is 1.50. The number of nitrogens with zero attached hydrogens (tertiary/aromatic N) is 3. The third kappa shape index (κ3) is 7.57. The molecule has 0 saturated carbocycles. The zero-order valence-electron chi connectivity index (χ0n) is 22.3. The molecule has 2 heterocycles. The average molecular weight is 550 g/mol. The topological polar surface area (TPSA) is 113 Å². The number of hydrogen-bond donors (Lipinski definition) is 2. The van der Waals surface area contributed by atoms with Gasteiger partial charge in [-0.3, -0.25) is 19.5 Å². The zero-order valence-corrected chi connectivity index (χ0v) is 23.2. The van der Waals surface area contributed by atoms with Gasteiger partial charge in [-0.05, 0) is 54.7 Å². The maximum atomic E-state index is 13.1. The van der Waals surface area contributed by atoms with E-state index >= 15 is 0 Å². The van der Waals surface area contributed by atoms with Crippen LogP contribution in [0.2, 0.25) is 0 Å². The largest absolute Gasteiger partial charge is 0.496 e. The molecule has 1 saturated heterocycles. The second-order valence-electron chi connectivity index (χ2n) is 9.70. The third-order valence-electron chi connectivity index (χ3n) is 7.03. The number of piperidine rings is 1. The Labute approximate surface area is 230 Å². The summed E-state index contributed by atoms with van der Waals surface area (Å²) in [6.07, 6.45) is 6.69. The first-order valence-electron chi connectivity index (χ1n) is 12.9. The van der Waals surface area contributed by atoms with E-state index in [9.17, 15) is 13.2 Å². The molecular weight excluding hydrogens is 514 g/mol. The van der Waals surface area contributed by atoms with Crippen molar-refractivity contribution in [3.05, 3.63) is 95.8 Å². The molecule has 1 aliphatic rings. The quantitative estimate of drug-likeness (QED) is 0.314. The van der Waals surface area contributed by atoms with E-state index in [4.69, 9.17) is 4.74 Å². The van der Waals surface area contributed by atoms with Crippen LogP contribution in [0.1, 0.15) is 34.3 Å². The Bertz CT molecular complexity index is 1370. The molecule has 1 fully saturated rings. The molecule has 1 aromatic heterocycles. The van der Waals surface area contributed by atoms with E-state index in [1.807, 2.05) is 47.4 Å². The van der Waals surface area contributed by atoms with E-state index in [2.05, 4.69) is 32.1 Å². The zero-order chi connectivity index (χ0) is 27.7. The number of carbonyl (C=O) groups is 1. The predicted octanol–water partition coefficient (Wildman–Crippen LogP) is 3.00. The molecule has 0 radical (unpaired) electrons. The van der Waals surface area contributed by atoms with Gasteiger partial charge in [0.15, 0.2) is 0 Å². The van der Waals surface area contributed by atoms with E-state index in [1.165, 1.54) is 0 Å². The summed E-state index contributed by atoms with van der Waals surface area (Å²) in [5.41, 5.74) is 2.39. The van der Waals surface area contributed by atoms with Gasteiger partial charge in [0, 0.05) is 44.0 Å². The summed E-state index contributed by atoms with van der Waals surface area (Å²) in [5, 5.41) is 3.13. The van der Waals surface area contributed by atoms with Crippen LogP contribution in [0.3, 0.4) is 0 Å². The van der Waals surface area contributed by atoms with Crippen LogP contribution in [0.4, 0.5) is 0 Å². The molecule has 0 bridgehead atoms. The Morgan fingerprint density at radius 1 is 1.03 bits per heavy atom. The van der Waals surface area contributed by atoms with Gasteiger partial charge in [-0.2, -0.15) is 0 Å². The standard InChI is InChI=1S/C29H35N5O4S/c1-38-26-11-7-6-10-25(26)27(35)32-22-29(24-8-4-3-5-9-24)15-20-34(21-16-29)28(33-39(2,36)37)31-19-14-23-12-17-30-18-13-23/h3-13,17-18H,14-16,19-22H2,1-2H3,(H,31,33)(H,32,35). The normalized spacial score (nSPS) is 15.4. The molecule has 0 atom stereocenters. The fourth-order valence-corrected chi connectivity index (χ4v) is 5.41. The number of para-hydroxylation sites is 1. The number of aromatic nitrogens is 1. The highest BCUT2D eigenvalue weighted by Gasteiger charge is 2.38. The molecular formula is C29H35N5O4S. The minimum absolute atomic E-state index is 0.192. The van der Waals surface area contributed by atoms with Crippen molar-refractivity contribution in [2.45, 2.75) is 24.7 Å². The summed E-state index contributed by atoms with van der Waals surface area (Å²) in [6.45, 7) is 2.04. The number of ether oxygens (including phenoxy) is 1. The maximum absolute atomic E-state index is 13.1. The van der Waals surface area contributed by atoms with E-state index in [0.29, 0.717) is 62.7 Å². The number of carbonyl (C=O) groups excluding carboxylic acids is 1. The summed E-state index contributed by atoms with van der Waals surface area (Å²) >= 11 is 0. The van der Waals surface area contributed by atoms with Crippen molar-refractivity contribution in [1.29, 1.82) is 0 Å². The minimum atomic E-state index is -3.51. The molecule has 39 heavy (non-hydrogen) atoms. The lowest BCUT2D eigenvalue weighted by Gasteiger charge is -2.43. The first-order chi connectivity index (χ1) is 18.8. The third-order valence-corrected chi connectivity index (χ3v) is 7.59. The molecule has 4 rings (SSSR count). The van der Waals surface area contributed by atoms with Crippen molar-refractivity contribution in [3.63, 3.8) is 0 Å². The molecule has 0 unspecified atom stereocenters. The Kier molecular flexibility index (Phi) is 9.19. The van der Waals surface area contributed by atoms with Crippen molar-refractivity contribution in [2.75, 3.05) is 39.5 Å². The van der Waals surface area contributed by atoms with Crippen molar-refractivity contribution in [3.8, 4) is 5.75 Å². The number of methoxy groups -OCH3 is 1. The number of benzene rings is 2. The van der Waals surface area contributed by atoms with Crippen LogP contribution in [0.15, 0.2) is 84.1 Å². The van der Waals surface area contributed by atoms with Gasteiger partial charge in [-0.25, -0.2) is 8.42 Å². The smallest absolute Gasteiger partial charge is 0.255 e. The van der Waals surface area contributed by atoms with Crippen molar-refractivity contribution in [2.24, 2.45) is 4.99 Å². The average Bonchev–Trinajstić information content (AvgIpc) is 2.96.